The minimum atomic E-state index is -0.397. The van der Waals surface area contributed by atoms with Gasteiger partial charge in [0.25, 0.3) is 5.91 Å². The van der Waals surface area contributed by atoms with Crippen molar-refractivity contribution in [1.29, 1.82) is 0 Å². The molecule has 1 amide bonds. The molecule has 1 heterocycles. The summed E-state index contributed by atoms with van der Waals surface area (Å²) < 4.78 is 5.45. The summed E-state index contributed by atoms with van der Waals surface area (Å²) in [5.74, 6) is 0.463. The number of halogens is 2. The van der Waals surface area contributed by atoms with Crippen molar-refractivity contribution in [3.63, 3.8) is 0 Å². The molecule has 118 valence electrons. The van der Waals surface area contributed by atoms with Crippen molar-refractivity contribution in [2.75, 3.05) is 26.2 Å². The summed E-state index contributed by atoms with van der Waals surface area (Å²) in [5.41, 5.74) is 0.817. The van der Waals surface area contributed by atoms with Crippen LogP contribution in [0.2, 0.25) is 5.02 Å². The number of carbonyl (C=O) groups excluding carboxylic acids is 1. The molecule has 1 fully saturated rings. The average molecular weight is 335 g/mol. The third-order valence-corrected chi connectivity index (χ3v) is 3.85. The van der Waals surface area contributed by atoms with E-state index in [1.54, 1.807) is 18.2 Å². The molecule has 2 rings (SSSR count). The molecular weight excluding hydrogens is 315 g/mol. The van der Waals surface area contributed by atoms with Crippen molar-refractivity contribution in [3.8, 4) is 5.75 Å². The Morgan fingerprint density at radius 1 is 1.52 bits per heavy atom. The van der Waals surface area contributed by atoms with E-state index in [9.17, 15) is 9.90 Å². The van der Waals surface area contributed by atoms with E-state index in [0.717, 1.165) is 12.1 Å². The molecule has 5 nitrogen and oxygen atoms in total. The monoisotopic (exact) mass is 334 g/mol. The highest BCUT2D eigenvalue weighted by Crippen LogP contribution is 2.24. The van der Waals surface area contributed by atoms with Crippen molar-refractivity contribution < 1.29 is 14.6 Å². The molecule has 0 aliphatic carbocycles. The highest BCUT2D eigenvalue weighted by molar-refractivity contribution is 6.31. The van der Waals surface area contributed by atoms with Gasteiger partial charge in [0.2, 0.25) is 0 Å². The maximum absolute atomic E-state index is 11.7. The van der Waals surface area contributed by atoms with Crippen molar-refractivity contribution in [2.24, 2.45) is 5.92 Å². The highest BCUT2D eigenvalue weighted by Gasteiger charge is 2.24. The van der Waals surface area contributed by atoms with Gasteiger partial charge in [0, 0.05) is 36.1 Å². The van der Waals surface area contributed by atoms with E-state index in [1.807, 2.05) is 6.92 Å². The molecule has 1 aliphatic rings. The van der Waals surface area contributed by atoms with E-state index in [-0.39, 0.29) is 30.8 Å². The summed E-state index contributed by atoms with van der Waals surface area (Å²) in [6.07, 6.45) is -0.397. The van der Waals surface area contributed by atoms with E-state index >= 15 is 0 Å². The fourth-order valence-corrected chi connectivity index (χ4v) is 2.28. The van der Waals surface area contributed by atoms with E-state index in [1.165, 1.54) is 0 Å². The second kappa shape index (κ2) is 8.44. The normalized spacial score (nSPS) is 20.7. The van der Waals surface area contributed by atoms with Crippen LogP contribution in [0.5, 0.6) is 5.75 Å². The number of aliphatic hydroxyl groups is 1. The molecule has 0 bridgehead atoms. The number of aliphatic hydroxyl groups excluding tert-OH is 1. The van der Waals surface area contributed by atoms with Crippen LogP contribution in [0.25, 0.3) is 0 Å². The third kappa shape index (κ3) is 5.04. The van der Waals surface area contributed by atoms with E-state index < -0.39 is 6.10 Å². The summed E-state index contributed by atoms with van der Waals surface area (Å²) in [5, 5.41) is 16.1. The van der Waals surface area contributed by atoms with Gasteiger partial charge in [-0.3, -0.25) is 4.79 Å². The Morgan fingerprint density at radius 2 is 2.29 bits per heavy atom. The van der Waals surface area contributed by atoms with Crippen LogP contribution in [0.4, 0.5) is 0 Å². The SMILES string of the molecule is Cc1c(Cl)cccc1OCC(=O)NCC1CNCC1O.Cl. The molecule has 1 aromatic carbocycles. The summed E-state index contributed by atoms with van der Waals surface area (Å²) in [6, 6.07) is 5.33. The van der Waals surface area contributed by atoms with Gasteiger partial charge in [-0.2, -0.15) is 0 Å². The lowest BCUT2D eigenvalue weighted by Gasteiger charge is -2.15. The molecule has 0 saturated carbocycles. The minimum Gasteiger partial charge on any atom is -0.483 e. The lowest BCUT2D eigenvalue weighted by atomic mass is 10.1. The van der Waals surface area contributed by atoms with Gasteiger partial charge in [-0.25, -0.2) is 0 Å². The summed E-state index contributed by atoms with van der Waals surface area (Å²) in [4.78, 5) is 11.7. The molecular formula is C14H20Cl2N2O3. The number of amides is 1. The Morgan fingerprint density at radius 3 is 2.95 bits per heavy atom. The molecule has 0 aromatic heterocycles. The Labute approximate surface area is 135 Å². The molecule has 7 heteroatoms. The van der Waals surface area contributed by atoms with Crippen LogP contribution in [0.15, 0.2) is 18.2 Å². The number of carbonyl (C=O) groups is 1. The van der Waals surface area contributed by atoms with Gasteiger partial charge in [0.1, 0.15) is 5.75 Å². The minimum absolute atomic E-state index is 0. The summed E-state index contributed by atoms with van der Waals surface area (Å²) in [7, 11) is 0. The van der Waals surface area contributed by atoms with Gasteiger partial charge in [-0.05, 0) is 19.1 Å². The van der Waals surface area contributed by atoms with Crippen LogP contribution in [0.1, 0.15) is 5.56 Å². The summed E-state index contributed by atoms with van der Waals surface area (Å²) in [6.45, 7) is 3.53. The standard InChI is InChI=1S/C14H19ClN2O3.ClH/c1-9-11(15)3-2-4-13(9)20-8-14(19)17-6-10-5-16-7-12(10)18;/h2-4,10,12,16,18H,5-8H2,1H3,(H,17,19);1H. The molecule has 1 saturated heterocycles. The van der Waals surface area contributed by atoms with Crippen LogP contribution in [0.3, 0.4) is 0 Å². The fraction of sp³-hybridized carbons (Fsp3) is 0.500. The Balaban J connectivity index is 0.00000220. The molecule has 2 atom stereocenters. The quantitative estimate of drug-likeness (QED) is 0.755. The van der Waals surface area contributed by atoms with Crippen molar-refractivity contribution in [3.05, 3.63) is 28.8 Å². The Kier molecular flexibility index (Phi) is 7.25. The average Bonchev–Trinajstić information content (AvgIpc) is 2.83. The topological polar surface area (TPSA) is 70.6 Å². The number of β-amino-alcohol motifs (C(OH)–C–C–N with tert-alkyl or cyclic N) is 1. The van der Waals surface area contributed by atoms with Crippen LogP contribution >= 0.6 is 24.0 Å². The first kappa shape index (κ1) is 18.0. The smallest absolute Gasteiger partial charge is 0.257 e. The number of rotatable bonds is 5. The van der Waals surface area contributed by atoms with E-state index in [4.69, 9.17) is 16.3 Å². The fourth-order valence-electron chi connectivity index (χ4n) is 2.11. The maximum atomic E-state index is 11.7. The second-order valence-electron chi connectivity index (χ2n) is 4.94. The molecule has 3 N–H and O–H groups in total. The van der Waals surface area contributed by atoms with Gasteiger partial charge < -0.3 is 20.5 Å². The zero-order valence-corrected chi connectivity index (χ0v) is 13.3. The Hall–Kier alpha value is -1.01. The maximum Gasteiger partial charge on any atom is 0.257 e. The van der Waals surface area contributed by atoms with Gasteiger partial charge >= 0.3 is 0 Å². The lowest BCUT2D eigenvalue weighted by molar-refractivity contribution is -0.123. The predicted molar refractivity (Wildman–Crippen MR) is 84.3 cm³/mol. The first-order chi connectivity index (χ1) is 9.58. The molecule has 1 aromatic rings. The van der Waals surface area contributed by atoms with Crippen LogP contribution < -0.4 is 15.4 Å². The van der Waals surface area contributed by atoms with Gasteiger partial charge in [-0.15, -0.1) is 12.4 Å². The first-order valence-electron chi connectivity index (χ1n) is 6.61. The number of benzene rings is 1. The van der Waals surface area contributed by atoms with Crippen LogP contribution in [0, 0.1) is 12.8 Å². The molecule has 2 unspecified atom stereocenters. The number of ether oxygens (including phenoxy) is 1. The van der Waals surface area contributed by atoms with Gasteiger partial charge in [0.05, 0.1) is 6.10 Å². The first-order valence-corrected chi connectivity index (χ1v) is 6.99. The molecule has 0 spiro atoms. The zero-order chi connectivity index (χ0) is 14.5. The number of hydrogen-bond acceptors (Lipinski definition) is 4. The van der Waals surface area contributed by atoms with E-state index in [2.05, 4.69) is 10.6 Å². The summed E-state index contributed by atoms with van der Waals surface area (Å²) >= 11 is 5.98. The number of nitrogens with one attached hydrogen (secondary N) is 2. The number of hydrogen-bond donors (Lipinski definition) is 3. The van der Waals surface area contributed by atoms with Crippen LogP contribution in [-0.4, -0.2) is 43.4 Å². The third-order valence-electron chi connectivity index (χ3n) is 3.44. The highest BCUT2D eigenvalue weighted by atomic mass is 35.5. The molecule has 1 aliphatic heterocycles. The van der Waals surface area contributed by atoms with Gasteiger partial charge in [-0.1, -0.05) is 17.7 Å². The second-order valence-corrected chi connectivity index (χ2v) is 5.35. The molecule has 0 radical (unpaired) electrons. The largest absolute Gasteiger partial charge is 0.483 e. The van der Waals surface area contributed by atoms with Gasteiger partial charge in [0.15, 0.2) is 6.61 Å². The van der Waals surface area contributed by atoms with Crippen molar-refractivity contribution in [2.45, 2.75) is 13.0 Å². The van der Waals surface area contributed by atoms with Crippen molar-refractivity contribution >= 4 is 29.9 Å². The lowest BCUT2D eigenvalue weighted by Crippen LogP contribution is -2.36. The Bertz CT molecular complexity index is 485. The predicted octanol–water partition coefficient (Wildman–Crippen LogP) is 1.15. The van der Waals surface area contributed by atoms with Crippen molar-refractivity contribution in [1.82, 2.24) is 10.6 Å². The zero-order valence-electron chi connectivity index (χ0n) is 11.8. The molecule has 21 heavy (non-hydrogen) atoms. The van der Waals surface area contributed by atoms with Crippen LogP contribution in [-0.2, 0) is 4.79 Å². The van der Waals surface area contributed by atoms with E-state index in [0.29, 0.717) is 23.9 Å².